The van der Waals surface area contributed by atoms with Gasteiger partial charge in [-0.15, -0.1) is 0 Å². The molecular weight excluding hydrogens is 138 g/mol. The van der Waals surface area contributed by atoms with Crippen molar-refractivity contribution < 1.29 is 5.11 Å². The molecule has 2 atom stereocenters. The van der Waals surface area contributed by atoms with Crippen LogP contribution in [0.5, 0.6) is 0 Å². The van der Waals surface area contributed by atoms with Crippen molar-refractivity contribution in [3.63, 3.8) is 0 Å². The first-order chi connectivity index (χ1) is 5.40. The van der Waals surface area contributed by atoms with Crippen LogP contribution in [0.4, 0.5) is 0 Å². The van der Waals surface area contributed by atoms with E-state index in [1.54, 1.807) is 0 Å². The van der Waals surface area contributed by atoms with Gasteiger partial charge in [0.1, 0.15) is 0 Å². The van der Waals surface area contributed by atoms with Crippen LogP contribution < -0.4 is 0 Å². The smallest absolute Gasteiger partial charge is 0.0472 e. The maximum atomic E-state index is 8.99. The first kappa shape index (κ1) is 7.56. The van der Waals surface area contributed by atoms with Crippen molar-refractivity contribution in [3.05, 3.63) is 0 Å². The quantitative estimate of drug-likeness (QED) is 0.607. The topological polar surface area (TPSA) is 23.5 Å². The summed E-state index contributed by atoms with van der Waals surface area (Å²) in [6, 6.07) is 0.820. The number of aliphatic hydroxyl groups is 1. The molecule has 0 spiro atoms. The first-order valence-electron chi connectivity index (χ1n) is 4.75. The summed E-state index contributed by atoms with van der Waals surface area (Å²) in [7, 11) is 0. The highest BCUT2D eigenvalue weighted by Gasteiger charge is 2.32. The Morgan fingerprint density at radius 2 is 2.27 bits per heavy atom. The highest BCUT2D eigenvalue weighted by Crippen LogP contribution is 2.29. The lowest BCUT2D eigenvalue weighted by molar-refractivity contribution is 0.189. The van der Waals surface area contributed by atoms with Crippen LogP contribution in [0.25, 0.3) is 0 Å². The molecule has 0 saturated carbocycles. The van der Waals surface area contributed by atoms with E-state index in [1.807, 2.05) is 0 Å². The minimum Gasteiger partial charge on any atom is -0.396 e. The highest BCUT2D eigenvalue weighted by atomic mass is 16.3. The van der Waals surface area contributed by atoms with E-state index in [1.165, 1.54) is 32.2 Å². The standard InChI is InChI=1S/C9H17NO/c11-7-8-5-9-3-1-2-4-10(9)6-8/h8-9,11H,1-7H2/t8-,9-/m1/s1. The third-order valence-electron chi connectivity index (χ3n) is 3.11. The average Bonchev–Trinajstić information content (AvgIpc) is 2.46. The van der Waals surface area contributed by atoms with Gasteiger partial charge >= 0.3 is 0 Å². The van der Waals surface area contributed by atoms with E-state index in [4.69, 9.17) is 5.11 Å². The molecule has 0 aromatic rings. The van der Waals surface area contributed by atoms with Gasteiger partial charge in [-0.2, -0.15) is 0 Å². The molecule has 2 saturated heterocycles. The van der Waals surface area contributed by atoms with Crippen molar-refractivity contribution in [3.8, 4) is 0 Å². The molecule has 2 heterocycles. The number of piperidine rings is 1. The zero-order valence-electron chi connectivity index (χ0n) is 7.00. The van der Waals surface area contributed by atoms with Gasteiger partial charge in [0.2, 0.25) is 0 Å². The molecule has 64 valence electrons. The summed E-state index contributed by atoms with van der Waals surface area (Å²) >= 11 is 0. The van der Waals surface area contributed by atoms with Crippen LogP contribution in [0.1, 0.15) is 25.7 Å². The van der Waals surface area contributed by atoms with Crippen LogP contribution >= 0.6 is 0 Å². The zero-order chi connectivity index (χ0) is 7.68. The maximum Gasteiger partial charge on any atom is 0.0472 e. The summed E-state index contributed by atoms with van der Waals surface area (Å²) < 4.78 is 0. The van der Waals surface area contributed by atoms with Crippen LogP contribution in [0, 0.1) is 5.92 Å². The fourth-order valence-electron chi connectivity index (χ4n) is 2.49. The zero-order valence-corrected chi connectivity index (χ0v) is 7.00. The second-order valence-corrected chi connectivity index (χ2v) is 3.93. The lowest BCUT2D eigenvalue weighted by Crippen LogP contribution is -2.34. The number of hydrogen-bond donors (Lipinski definition) is 1. The number of nitrogens with zero attached hydrogens (tertiary/aromatic N) is 1. The van der Waals surface area contributed by atoms with Gasteiger partial charge in [-0.05, 0) is 31.7 Å². The molecule has 0 bridgehead atoms. The van der Waals surface area contributed by atoms with E-state index in [2.05, 4.69) is 4.90 Å². The Labute approximate surface area is 68.2 Å². The van der Waals surface area contributed by atoms with Gasteiger partial charge < -0.3 is 10.0 Å². The third kappa shape index (κ3) is 1.42. The Morgan fingerprint density at radius 3 is 3.00 bits per heavy atom. The van der Waals surface area contributed by atoms with E-state index in [0.717, 1.165) is 12.6 Å². The van der Waals surface area contributed by atoms with Crippen LogP contribution in [-0.2, 0) is 0 Å². The minimum atomic E-state index is 0.396. The number of hydrogen-bond acceptors (Lipinski definition) is 2. The molecule has 0 radical (unpaired) electrons. The van der Waals surface area contributed by atoms with Gasteiger partial charge in [0.25, 0.3) is 0 Å². The van der Waals surface area contributed by atoms with E-state index < -0.39 is 0 Å². The predicted molar refractivity (Wildman–Crippen MR) is 44.4 cm³/mol. The van der Waals surface area contributed by atoms with E-state index >= 15 is 0 Å². The predicted octanol–water partition coefficient (Wildman–Crippen LogP) is 0.853. The number of rotatable bonds is 1. The van der Waals surface area contributed by atoms with Crippen molar-refractivity contribution in [1.29, 1.82) is 0 Å². The summed E-state index contributed by atoms with van der Waals surface area (Å²) in [6.45, 7) is 2.83. The lowest BCUT2D eigenvalue weighted by atomic mass is 10.0. The molecule has 0 amide bonds. The molecule has 2 fully saturated rings. The Kier molecular flexibility index (Phi) is 2.14. The van der Waals surface area contributed by atoms with Gasteiger partial charge in [-0.3, -0.25) is 0 Å². The molecule has 11 heavy (non-hydrogen) atoms. The van der Waals surface area contributed by atoms with Gasteiger partial charge in [-0.25, -0.2) is 0 Å². The van der Waals surface area contributed by atoms with Crippen molar-refractivity contribution >= 4 is 0 Å². The second-order valence-electron chi connectivity index (χ2n) is 3.93. The van der Waals surface area contributed by atoms with Crippen LogP contribution in [0.2, 0.25) is 0 Å². The molecule has 2 aliphatic heterocycles. The SMILES string of the molecule is OC[C@@H]1C[C@H]2CCCCN2C1. The van der Waals surface area contributed by atoms with Crippen LogP contribution in [0.3, 0.4) is 0 Å². The molecule has 2 heteroatoms. The van der Waals surface area contributed by atoms with Gasteiger partial charge in [-0.1, -0.05) is 6.42 Å². The summed E-state index contributed by atoms with van der Waals surface area (Å²) in [5.41, 5.74) is 0. The molecule has 2 nitrogen and oxygen atoms in total. The first-order valence-corrected chi connectivity index (χ1v) is 4.75. The van der Waals surface area contributed by atoms with Crippen molar-refractivity contribution in [2.75, 3.05) is 19.7 Å². The Balaban J connectivity index is 1.92. The Hall–Kier alpha value is -0.0800. The van der Waals surface area contributed by atoms with Gasteiger partial charge in [0, 0.05) is 19.2 Å². The highest BCUT2D eigenvalue weighted by molar-refractivity contribution is 4.87. The fourth-order valence-corrected chi connectivity index (χ4v) is 2.49. The van der Waals surface area contributed by atoms with Crippen molar-refractivity contribution in [2.45, 2.75) is 31.7 Å². The average molecular weight is 155 g/mol. The summed E-state index contributed by atoms with van der Waals surface area (Å²) in [4.78, 5) is 2.56. The summed E-state index contributed by atoms with van der Waals surface area (Å²) in [6.07, 6.45) is 5.39. The van der Waals surface area contributed by atoms with Crippen molar-refractivity contribution in [1.82, 2.24) is 4.90 Å². The van der Waals surface area contributed by atoms with E-state index in [-0.39, 0.29) is 0 Å². The normalized spacial score (nSPS) is 39.0. The number of fused-ring (bicyclic) bond motifs is 1. The largest absolute Gasteiger partial charge is 0.396 e. The fraction of sp³-hybridized carbons (Fsp3) is 1.00. The Bertz CT molecular complexity index is 124. The monoisotopic (exact) mass is 155 g/mol. The van der Waals surface area contributed by atoms with Crippen LogP contribution in [-0.4, -0.2) is 35.7 Å². The van der Waals surface area contributed by atoms with Crippen molar-refractivity contribution in [2.24, 2.45) is 5.92 Å². The third-order valence-corrected chi connectivity index (χ3v) is 3.11. The van der Waals surface area contributed by atoms with Gasteiger partial charge in [0.05, 0.1) is 0 Å². The summed E-state index contributed by atoms with van der Waals surface area (Å²) in [5, 5.41) is 8.99. The molecule has 1 N–H and O–H groups in total. The molecule has 0 aromatic carbocycles. The van der Waals surface area contributed by atoms with Gasteiger partial charge in [0.15, 0.2) is 0 Å². The summed E-state index contributed by atoms with van der Waals surface area (Å²) in [5.74, 6) is 0.582. The van der Waals surface area contributed by atoms with Crippen LogP contribution in [0.15, 0.2) is 0 Å². The second kappa shape index (κ2) is 3.11. The maximum absolute atomic E-state index is 8.99. The van der Waals surface area contributed by atoms with E-state index in [0.29, 0.717) is 12.5 Å². The lowest BCUT2D eigenvalue weighted by Gasteiger charge is -2.28. The minimum absolute atomic E-state index is 0.396. The molecule has 2 aliphatic rings. The molecular formula is C9H17NO. The molecule has 2 rings (SSSR count). The molecule has 0 unspecified atom stereocenters. The molecule has 0 aliphatic carbocycles. The number of aliphatic hydroxyl groups excluding tert-OH is 1. The molecule has 0 aromatic heterocycles. The van der Waals surface area contributed by atoms with E-state index in [9.17, 15) is 0 Å². The Morgan fingerprint density at radius 1 is 1.36 bits per heavy atom.